The summed E-state index contributed by atoms with van der Waals surface area (Å²) in [4.78, 5) is 0. The normalized spacial score (nSPS) is 19.8. The minimum atomic E-state index is -2.83. The fourth-order valence-electron chi connectivity index (χ4n) is 7.07. The highest BCUT2D eigenvalue weighted by Gasteiger charge is 2.52. The predicted octanol–water partition coefficient (Wildman–Crippen LogP) is 7.46. The molecule has 10 heteroatoms. The zero-order valence-electron chi connectivity index (χ0n) is 30.5. The number of thioether (sulfide) groups is 1. The van der Waals surface area contributed by atoms with E-state index in [1.165, 1.54) is 10.4 Å². The van der Waals surface area contributed by atoms with Crippen LogP contribution in [0.15, 0.2) is 126 Å². The number of rotatable bonds is 14. The van der Waals surface area contributed by atoms with E-state index in [0.29, 0.717) is 13.2 Å². The standard InChI is InChI=1S/C41H50N4O4SSi/c1-31(27-28-50-39-42-43-44-45(39)33-21-13-8-14-22-33)37-38(46-29-32-19-11-7-12-20-32)36(48-41(5,6)49-37)30-47-51(40(2,3)4,34-23-15-9-16-24-34)35-25-17-10-18-26-35/h7-26,31,36-38H,27-30H2,1-6H3/t31-,36+,37-,38+/m1/s1. The first-order valence-electron chi connectivity index (χ1n) is 17.8. The molecular formula is C41H50N4O4SSi. The molecule has 0 spiro atoms. The van der Waals surface area contributed by atoms with E-state index in [0.717, 1.165) is 28.6 Å². The summed E-state index contributed by atoms with van der Waals surface area (Å²) in [6.45, 7) is 13.9. The molecule has 268 valence electrons. The molecule has 1 aromatic heterocycles. The molecule has 5 aromatic rings. The first-order valence-corrected chi connectivity index (χ1v) is 20.7. The van der Waals surface area contributed by atoms with Crippen LogP contribution in [0.1, 0.15) is 53.5 Å². The third kappa shape index (κ3) is 8.71. The molecule has 1 saturated heterocycles. The zero-order valence-corrected chi connectivity index (χ0v) is 32.3. The third-order valence-corrected chi connectivity index (χ3v) is 15.5. The fourth-order valence-corrected chi connectivity index (χ4v) is 12.7. The molecule has 0 amide bonds. The van der Waals surface area contributed by atoms with E-state index in [1.54, 1.807) is 16.4 Å². The molecule has 51 heavy (non-hydrogen) atoms. The number of benzene rings is 4. The first kappa shape index (κ1) is 37.1. The van der Waals surface area contributed by atoms with Crippen LogP contribution in [0, 0.1) is 5.92 Å². The van der Waals surface area contributed by atoms with E-state index >= 15 is 0 Å². The summed E-state index contributed by atoms with van der Waals surface area (Å²) in [5.41, 5.74) is 2.04. The Kier molecular flexibility index (Phi) is 11.9. The van der Waals surface area contributed by atoms with Crippen LogP contribution in [0.4, 0.5) is 0 Å². The number of nitrogens with zero attached hydrogens (tertiary/aromatic N) is 4. The van der Waals surface area contributed by atoms with Gasteiger partial charge in [-0.15, -0.1) is 5.10 Å². The summed E-state index contributed by atoms with van der Waals surface area (Å²) in [5.74, 6) is 0.109. The van der Waals surface area contributed by atoms with Crippen LogP contribution in [0.5, 0.6) is 0 Å². The molecule has 0 radical (unpaired) electrons. The van der Waals surface area contributed by atoms with Crippen molar-refractivity contribution >= 4 is 30.5 Å². The van der Waals surface area contributed by atoms with Crippen LogP contribution in [0.2, 0.25) is 5.04 Å². The van der Waals surface area contributed by atoms with Gasteiger partial charge in [0, 0.05) is 5.75 Å². The molecule has 0 aliphatic carbocycles. The average Bonchev–Trinajstić information content (AvgIpc) is 3.60. The SMILES string of the molecule is C[C@H](CCSc1nnnn1-c1ccccc1)[C@H]1OC(C)(C)O[C@@H](CO[Si](c2ccccc2)(c2ccccc2)C(C)(C)C)[C@@H]1OCc1ccccc1. The molecule has 4 atom stereocenters. The Bertz CT molecular complexity index is 1750. The molecule has 0 bridgehead atoms. The highest BCUT2D eigenvalue weighted by atomic mass is 32.2. The summed E-state index contributed by atoms with van der Waals surface area (Å²) < 4.78 is 29.6. The van der Waals surface area contributed by atoms with E-state index in [2.05, 4.69) is 116 Å². The van der Waals surface area contributed by atoms with Gasteiger partial charge < -0.3 is 18.6 Å². The van der Waals surface area contributed by atoms with Crippen LogP contribution in [-0.2, 0) is 25.2 Å². The van der Waals surface area contributed by atoms with E-state index in [-0.39, 0.29) is 29.3 Å². The van der Waals surface area contributed by atoms with Gasteiger partial charge in [-0.1, -0.05) is 149 Å². The maximum Gasteiger partial charge on any atom is 0.261 e. The van der Waals surface area contributed by atoms with Crippen molar-refractivity contribution < 1.29 is 18.6 Å². The number of aromatic nitrogens is 4. The molecule has 0 N–H and O–H groups in total. The van der Waals surface area contributed by atoms with E-state index in [1.807, 2.05) is 62.4 Å². The van der Waals surface area contributed by atoms with Gasteiger partial charge in [0.05, 0.1) is 25.0 Å². The Morgan fingerprint density at radius 2 is 1.39 bits per heavy atom. The predicted molar refractivity (Wildman–Crippen MR) is 206 cm³/mol. The average molecular weight is 723 g/mol. The van der Waals surface area contributed by atoms with Crippen LogP contribution in [0.3, 0.4) is 0 Å². The smallest absolute Gasteiger partial charge is 0.261 e. The molecular weight excluding hydrogens is 673 g/mol. The molecule has 1 aliphatic heterocycles. The summed E-state index contributed by atoms with van der Waals surface area (Å²) in [5, 5.41) is 15.5. The Balaban J connectivity index is 1.27. The second kappa shape index (κ2) is 16.4. The van der Waals surface area contributed by atoms with Crippen molar-refractivity contribution in [3.05, 3.63) is 127 Å². The molecule has 1 aliphatic rings. The van der Waals surface area contributed by atoms with E-state index < -0.39 is 14.1 Å². The van der Waals surface area contributed by atoms with Gasteiger partial charge in [-0.3, -0.25) is 0 Å². The molecule has 2 heterocycles. The van der Waals surface area contributed by atoms with Gasteiger partial charge >= 0.3 is 0 Å². The van der Waals surface area contributed by atoms with Crippen LogP contribution < -0.4 is 10.4 Å². The lowest BCUT2D eigenvalue weighted by molar-refractivity contribution is -0.350. The lowest BCUT2D eigenvalue weighted by atomic mass is 9.92. The van der Waals surface area contributed by atoms with E-state index in [9.17, 15) is 0 Å². The van der Waals surface area contributed by atoms with Crippen molar-refractivity contribution in [1.29, 1.82) is 0 Å². The highest BCUT2D eigenvalue weighted by Crippen LogP contribution is 2.39. The van der Waals surface area contributed by atoms with Gasteiger partial charge in [-0.2, -0.15) is 4.68 Å². The Morgan fingerprint density at radius 3 is 1.98 bits per heavy atom. The van der Waals surface area contributed by atoms with E-state index in [4.69, 9.17) is 18.6 Å². The monoisotopic (exact) mass is 722 g/mol. The Labute approximate surface area is 308 Å². The van der Waals surface area contributed by atoms with Crippen molar-refractivity contribution in [2.75, 3.05) is 12.4 Å². The van der Waals surface area contributed by atoms with Gasteiger partial charge in [-0.05, 0) is 69.7 Å². The summed E-state index contributed by atoms with van der Waals surface area (Å²) in [6.07, 6.45) is -0.118. The molecule has 4 aromatic carbocycles. The zero-order chi connectivity index (χ0) is 35.9. The molecule has 6 rings (SSSR count). The van der Waals surface area contributed by atoms with Crippen LogP contribution >= 0.6 is 11.8 Å². The largest absolute Gasteiger partial charge is 0.405 e. The number of para-hydroxylation sites is 1. The third-order valence-electron chi connectivity index (χ3n) is 9.52. The molecule has 1 fully saturated rings. The van der Waals surface area contributed by atoms with Gasteiger partial charge in [0.25, 0.3) is 8.32 Å². The first-order chi connectivity index (χ1) is 24.6. The maximum absolute atomic E-state index is 7.44. The lowest BCUT2D eigenvalue weighted by Crippen LogP contribution is -2.68. The van der Waals surface area contributed by atoms with Crippen LogP contribution in [0.25, 0.3) is 5.69 Å². The van der Waals surface area contributed by atoms with Gasteiger partial charge in [0.15, 0.2) is 5.79 Å². The highest BCUT2D eigenvalue weighted by molar-refractivity contribution is 7.99. The summed E-state index contributed by atoms with van der Waals surface area (Å²) >= 11 is 1.64. The second-order valence-electron chi connectivity index (χ2n) is 14.7. The van der Waals surface area contributed by atoms with Crippen molar-refractivity contribution in [1.82, 2.24) is 20.2 Å². The topological polar surface area (TPSA) is 80.5 Å². The number of tetrazole rings is 1. The number of hydrogen-bond donors (Lipinski definition) is 0. The maximum atomic E-state index is 7.44. The van der Waals surface area contributed by atoms with Gasteiger partial charge in [-0.25, -0.2) is 0 Å². The molecule has 8 nitrogen and oxygen atoms in total. The van der Waals surface area contributed by atoms with Gasteiger partial charge in [0.1, 0.15) is 12.2 Å². The molecule has 0 unspecified atom stereocenters. The lowest BCUT2D eigenvalue weighted by Gasteiger charge is -2.49. The summed E-state index contributed by atoms with van der Waals surface area (Å²) in [7, 11) is -2.83. The summed E-state index contributed by atoms with van der Waals surface area (Å²) in [6, 6.07) is 41.7. The Morgan fingerprint density at radius 1 is 0.824 bits per heavy atom. The minimum Gasteiger partial charge on any atom is -0.405 e. The Hall–Kier alpha value is -3.64. The second-order valence-corrected chi connectivity index (χ2v) is 20.1. The molecule has 0 saturated carbocycles. The number of hydrogen-bond acceptors (Lipinski definition) is 8. The quantitative estimate of drug-likeness (QED) is 0.0864. The minimum absolute atomic E-state index is 0.137. The van der Waals surface area contributed by atoms with Crippen LogP contribution in [-0.4, -0.2) is 65.0 Å². The number of ether oxygens (including phenoxy) is 3. The van der Waals surface area contributed by atoms with Crippen molar-refractivity contribution in [3.8, 4) is 5.69 Å². The van der Waals surface area contributed by atoms with Crippen molar-refractivity contribution in [2.45, 2.75) is 88.9 Å². The van der Waals surface area contributed by atoms with Crippen molar-refractivity contribution in [2.24, 2.45) is 5.92 Å². The van der Waals surface area contributed by atoms with Crippen molar-refractivity contribution in [3.63, 3.8) is 0 Å². The van der Waals surface area contributed by atoms with Gasteiger partial charge in [0.2, 0.25) is 5.16 Å². The fraction of sp³-hybridized carbons (Fsp3) is 0.390.